The predicted octanol–water partition coefficient (Wildman–Crippen LogP) is 1.66. The van der Waals surface area contributed by atoms with Gasteiger partial charge in [-0.3, -0.25) is 4.79 Å². The Morgan fingerprint density at radius 2 is 1.83 bits per heavy atom. The number of carbonyl (C=O) groups is 1. The zero-order chi connectivity index (χ0) is 11.5. The van der Waals surface area contributed by atoms with Gasteiger partial charge in [0.05, 0.1) is 17.9 Å². The normalized spacial score (nSPS) is 13.2. The van der Waals surface area contributed by atoms with Gasteiger partial charge in [-0.15, -0.1) is 24.8 Å². The maximum absolute atomic E-state index is 11.7. The lowest BCUT2D eigenvalue weighted by atomic mass is 10.1. The average Bonchev–Trinajstić information content (AvgIpc) is 2.36. The van der Waals surface area contributed by atoms with Crippen LogP contribution in [0.4, 0.5) is 11.4 Å². The Hall–Kier alpha value is -0.970. The fourth-order valence-electron chi connectivity index (χ4n) is 2.12. The standard InChI is InChI=1S/C12H17N3O.2ClH/c1-2-14-7-8-15(12(16)9-13)11-6-4-3-5-10(11)14;;/h3-6H,2,7-9,13H2,1H3;2*1H. The topological polar surface area (TPSA) is 49.6 Å². The highest BCUT2D eigenvalue weighted by Crippen LogP contribution is 2.32. The van der Waals surface area contributed by atoms with E-state index in [0.717, 1.165) is 31.0 Å². The molecule has 0 saturated carbocycles. The number of fused-ring (bicyclic) bond motifs is 1. The molecule has 1 amide bonds. The number of hydrogen-bond acceptors (Lipinski definition) is 3. The van der Waals surface area contributed by atoms with Crippen molar-refractivity contribution in [3.63, 3.8) is 0 Å². The summed E-state index contributed by atoms with van der Waals surface area (Å²) in [7, 11) is 0. The number of rotatable bonds is 2. The molecule has 0 spiro atoms. The summed E-state index contributed by atoms with van der Waals surface area (Å²) in [4.78, 5) is 15.8. The Morgan fingerprint density at radius 3 is 2.39 bits per heavy atom. The van der Waals surface area contributed by atoms with Crippen LogP contribution in [-0.2, 0) is 4.79 Å². The van der Waals surface area contributed by atoms with E-state index in [4.69, 9.17) is 5.73 Å². The van der Waals surface area contributed by atoms with Crippen molar-refractivity contribution < 1.29 is 4.79 Å². The first-order chi connectivity index (χ1) is 7.77. The van der Waals surface area contributed by atoms with Crippen molar-refractivity contribution >= 4 is 42.1 Å². The van der Waals surface area contributed by atoms with Crippen LogP contribution in [0.3, 0.4) is 0 Å². The van der Waals surface area contributed by atoms with E-state index in [1.807, 2.05) is 18.2 Å². The third-order valence-corrected chi connectivity index (χ3v) is 2.96. The van der Waals surface area contributed by atoms with Gasteiger partial charge < -0.3 is 15.5 Å². The largest absolute Gasteiger partial charge is 0.368 e. The van der Waals surface area contributed by atoms with Gasteiger partial charge in [0.2, 0.25) is 5.91 Å². The molecule has 2 N–H and O–H groups in total. The van der Waals surface area contributed by atoms with E-state index in [1.165, 1.54) is 0 Å². The minimum absolute atomic E-state index is 0. The third-order valence-electron chi connectivity index (χ3n) is 2.96. The lowest BCUT2D eigenvalue weighted by molar-refractivity contribution is -0.117. The van der Waals surface area contributed by atoms with Gasteiger partial charge in [-0.05, 0) is 19.1 Å². The van der Waals surface area contributed by atoms with Crippen LogP contribution in [-0.4, -0.2) is 32.1 Å². The zero-order valence-corrected chi connectivity index (χ0v) is 12.0. The van der Waals surface area contributed by atoms with Crippen LogP contribution >= 0.6 is 24.8 Å². The summed E-state index contributed by atoms with van der Waals surface area (Å²) in [5, 5.41) is 0. The lowest BCUT2D eigenvalue weighted by Gasteiger charge is -2.37. The highest BCUT2D eigenvalue weighted by Gasteiger charge is 2.24. The fraction of sp³-hybridized carbons (Fsp3) is 0.417. The van der Waals surface area contributed by atoms with Crippen LogP contribution in [0.2, 0.25) is 0 Å². The minimum atomic E-state index is -0.0109. The molecule has 0 atom stereocenters. The average molecular weight is 292 g/mol. The van der Waals surface area contributed by atoms with Crippen LogP contribution in [0.25, 0.3) is 0 Å². The highest BCUT2D eigenvalue weighted by atomic mass is 35.5. The summed E-state index contributed by atoms with van der Waals surface area (Å²) in [6.45, 7) is 4.75. The molecule has 102 valence electrons. The van der Waals surface area contributed by atoms with Gasteiger partial charge in [0, 0.05) is 19.6 Å². The van der Waals surface area contributed by atoms with Gasteiger partial charge >= 0.3 is 0 Å². The predicted molar refractivity (Wildman–Crippen MR) is 80.2 cm³/mol. The number of hydrogen-bond donors (Lipinski definition) is 1. The van der Waals surface area contributed by atoms with Crippen molar-refractivity contribution in [2.45, 2.75) is 6.92 Å². The molecule has 1 aromatic carbocycles. The molecular formula is C12H19Cl2N3O. The molecule has 0 unspecified atom stereocenters. The van der Waals surface area contributed by atoms with E-state index in [0.29, 0.717) is 0 Å². The summed E-state index contributed by atoms with van der Waals surface area (Å²) in [5.74, 6) is -0.0109. The van der Waals surface area contributed by atoms with E-state index in [1.54, 1.807) is 4.90 Å². The molecule has 1 aliphatic rings. The van der Waals surface area contributed by atoms with Crippen molar-refractivity contribution in [2.24, 2.45) is 5.73 Å². The molecule has 1 heterocycles. The first-order valence-corrected chi connectivity index (χ1v) is 5.62. The van der Waals surface area contributed by atoms with Crippen LogP contribution in [0.1, 0.15) is 6.92 Å². The van der Waals surface area contributed by atoms with Crippen LogP contribution in [0.5, 0.6) is 0 Å². The van der Waals surface area contributed by atoms with Crippen LogP contribution in [0.15, 0.2) is 24.3 Å². The zero-order valence-electron chi connectivity index (χ0n) is 10.3. The van der Waals surface area contributed by atoms with Crippen LogP contribution < -0.4 is 15.5 Å². The quantitative estimate of drug-likeness (QED) is 0.902. The second-order valence-electron chi connectivity index (χ2n) is 3.82. The van der Waals surface area contributed by atoms with E-state index in [2.05, 4.69) is 17.9 Å². The monoisotopic (exact) mass is 291 g/mol. The maximum atomic E-state index is 11.7. The highest BCUT2D eigenvalue weighted by molar-refractivity contribution is 5.98. The van der Waals surface area contributed by atoms with Gasteiger partial charge in [-0.1, -0.05) is 12.1 Å². The Labute approximate surface area is 120 Å². The Balaban J connectivity index is 0.00000144. The van der Waals surface area contributed by atoms with E-state index >= 15 is 0 Å². The molecular weight excluding hydrogens is 273 g/mol. The summed E-state index contributed by atoms with van der Waals surface area (Å²) < 4.78 is 0. The Kier molecular flexibility index (Phi) is 7.06. The molecule has 1 aliphatic heterocycles. The molecule has 18 heavy (non-hydrogen) atoms. The third kappa shape index (κ3) is 3.07. The second-order valence-corrected chi connectivity index (χ2v) is 3.82. The van der Waals surface area contributed by atoms with E-state index in [-0.39, 0.29) is 37.3 Å². The summed E-state index contributed by atoms with van der Waals surface area (Å²) in [6, 6.07) is 7.98. The molecule has 0 radical (unpaired) electrons. The van der Waals surface area contributed by atoms with E-state index < -0.39 is 0 Å². The molecule has 0 bridgehead atoms. The Bertz CT molecular complexity index is 401. The van der Waals surface area contributed by atoms with Crippen molar-refractivity contribution in [1.82, 2.24) is 0 Å². The number of anilines is 2. The van der Waals surface area contributed by atoms with Gasteiger partial charge in [-0.25, -0.2) is 0 Å². The van der Waals surface area contributed by atoms with Gasteiger partial charge in [0.15, 0.2) is 0 Å². The molecule has 2 rings (SSSR count). The molecule has 0 fully saturated rings. The molecule has 4 nitrogen and oxygen atoms in total. The lowest BCUT2D eigenvalue weighted by Crippen LogP contribution is -2.46. The molecule has 0 aromatic heterocycles. The maximum Gasteiger partial charge on any atom is 0.240 e. The van der Waals surface area contributed by atoms with Crippen molar-refractivity contribution in [2.75, 3.05) is 36.0 Å². The van der Waals surface area contributed by atoms with Gasteiger partial charge in [-0.2, -0.15) is 0 Å². The van der Waals surface area contributed by atoms with Gasteiger partial charge in [0.1, 0.15) is 0 Å². The first kappa shape index (κ1) is 17.0. The van der Waals surface area contributed by atoms with Crippen molar-refractivity contribution in [1.29, 1.82) is 0 Å². The first-order valence-electron chi connectivity index (χ1n) is 5.62. The van der Waals surface area contributed by atoms with E-state index in [9.17, 15) is 4.79 Å². The second kappa shape index (κ2) is 7.46. The summed E-state index contributed by atoms with van der Waals surface area (Å²) >= 11 is 0. The number of amides is 1. The number of halogens is 2. The number of nitrogens with two attached hydrogens (primary N) is 1. The number of nitrogens with zero attached hydrogens (tertiary/aromatic N) is 2. The number of benzene rings is 1. The molecule has 1 aromatic rings. The molecule has 0 saturated heterocycles. The Morgan fingerprint density at radius 1 is 1.22 bits per heavy atom. The molecule has 6 heteroatoms. The number of likely N-dealkylation sites (N-methyl/N-ethyl adjacent to an activating group) is 1. The van der Waals surface area contributed by atoms with Crippen molar-refractivity contribution in [3.8, 4) is 0 Å². The summed E-state index contributed by atoms with van der Waals surface area (Å²) in [5.41, 5.74) is 7.52. The number of carbonyl (C=O) groups excluding carboxylic acids is 1. The SMILES string of the molecule is CCN1CCN(C(=O)CN)c2ccccc21.Cl.Cl. The van der Waals surface area contributed by atoms with Gasteiger partial charge in [0.25, 0.3) is 0 Å². The van der Waals surface area contributed by atoms with Crippen LogP contribution in [0, 0.1) is 0 Å². The van der Waals surface area contributed by atoms with Crippen molar-refractivity contribution in [3.05, 3.63) is 24.3 Å². The minimum Gasteiger partial charge on any atom is -0.368 e. The smallest absolute Gasteiger partial charge is 0.240 e. The fourth-order valence-corrected chi connectivity index (χ4v) is 2.12. The summed E-state index contributed by atoms with van der Waals surface area (Å²) in [6.07, 6.45) is 0. The number of para-hydroxylation sites is 2. The molecule has 0 aliphatic carbocycles.